The van der Waals surface area contributed by atoms with Gasteiger partial charge in [-0.2, -0.15) is 0 Å². The van der Waals surface area contributed by atoms with Gasteiger partial charge in [-0.3, -0.25) is 4.79 Å². The van der Waals surface area contributed by atoms with Gasteiger partial charge in [-0.1, -0.05) is 72.8 Å². The molecule has 0 fully saturated rings. The smallest absolute Gasteiger partial charge is 0.158 e. The van der Waals surface area contributed by atoms with E-state index in [1.165, 1.54) is 0 Å². The Bertz CT molecular complexity index is 759. The van der Waals surface area contributed by atoms with Gasteiger partial charge >= 0.3 is 0 Å². The first-order chi connectivity index (χ1) is 10.3. The summed E-state index contributed by atoms with van der Waals surface area (Å²) in [6, 6.07) is 23.1. The van der Waals surface area contributed by atoms with Gasteiger partial charge in [-0.05, 0) is 21.9 Å². The quantitative estimate of drug-likeness (QED) is 0.789. The Morgan fingerprint density at radius 3 is 2.33 bits per heavy atom. The molecule has 0 aliphatic rings. The van der Waals surface area contributed by atoms with E-state index in [0.717, 1.165) is 21.9 Å². The van der Waals surface area contributed by atoms with Crippen molar-refractivity contribution >= 4 is 16.6 Å². The molecule has 2 N–H and O–H groups in total. The van der Waals surface area contributed by atoms with Crippen LogP contribution in [-0.2, 0) is 11.2 Å². The fourth-order valence-electron chi connectivity index (χ4n) is 2.59. The molecule has 0 aromatic heterocycles. The highest BCUT2D eigenvalue weighted by Gasteiger charge is 2.16. The summed E-state index contributed by atoms with van der Waals surface area (Å²) in [5.41, 5.74) is 7.98. The monoisotopic (exact) mass is 275 g/mol. The molecule has 3 aromatic carbocycles. The zero-order valence-corrected chi connectivity index (χ0v) is 11.7. The largest absolute Gasteiger partial charge is 0.318 e. The highest BCUT2D eigenvalue weighted by molar-refractivity contribution is 5.93. The van der Waals surface area contributed by atoms with Crippen molar-refractivity contribution in [1.29, 1.82) is 0 Å². The molecule has 0 aliphatic carbocycles. The maximum Gasteiger partial charge on any atom is 0.158 e. The van der Waals surface area contributed by atoms with Crippen LogP contribution in [0.1, 0.15) is 17.2 Å². The van der Waals surface area contributed by atoms with E-state index in [9.17, 15) is 4.79 Å². The van der Waals surface area contributed by atoms with Crippen LogP contribution in [0.15, 0.2) is 72.8 Å². The van der Waals surface area contributed by atoms with Gasteiger partial charge in [0.25, 0.3) is 0 Å². The molecule has 1 atom stereocenters. The molecule has 0 spiro atoms. The first kappa shape index (κ1) is 13.5. The topological polar surface area (TPSA) is 43.1 Å². The Balaban J connectivity index is 1.87. The molecule has 21 heavy (non-hydrogen) atoms. The highest BCUT2D eigenvalue weighted by atomic mass is 16.1. The minimum Gasteiger partial charge on any atom is -0.318 e. The molecule has 0 heterocycles. The van der Waals surface area contributed by atoms with Crippen LogP contribution in [0, 0.1) is 0 Å². The normalized spacial score (nSPS) is 12.2. The van der Waals surface area contributed by atoms with Gasteiger partial charge < -0.3 is 5.73 Å². The lowest BCUT2D eigenvalue weighted by Crippen LogP contribution is -2.23. The van der Waals surface area contributed by atoms with Crippen LogP contribution in [0.5, 0.6) is 0 Å². The number of fused-ring (bicyclic) bond motifs is 1. The van der Waals surface area contributed by atoms with E-state index in [2.05, 4.69) is 12.1 Å². The SMILES string of the molecule is N[C@@H](C(=O)Cc1cccc2ccccc12)c1ccccc1. The summed E-state index contributed by atoms with van der Waals surface area (Å²) in [5, 5.41) is 2.27. The van der Waals surface area contributed by atoms with Gasteiger partial charge in [0.15, 0.2) is 5.78 Å². The van der Waals surface area contributed by atoms with Crippen LogP contribution in [0.4, 0.5) is 0 Å². The first-order valence-corrected chi connectivity index (χ1v) is 7.05. The number of Topliss-reactive ketones (excluding diaryl/α,β-unsaturated/α-hetero) is 1. The molecule has 0 aliphatic heterocycles. The minimum absolute atomic E-state index is 0.0394. The van der Waals surface area contributed by atoms with E-state index in [-0.39, 0.29) is 5.78 Å². The van der Waals surface area contributed by atoms with Crippen LogP contribution in [0.3, 0.4) is 0 Å². The molecule has 3 aromatic rings. The lowest BCUT2D eigenvalue weighted by molar-refractivity contribution is -0.119. The molecule has 3 rings (SSSR count). The predicted molar refractivity (Wildman–Crippen MR) is 86.0 cm³/mol. The number of benzene rings is 3. The Kier molecular flexibility index (Phi) is 3.80. The van der Waals surface area contributed by atoms with Crippen molar-refractivity contribution in [2.75, 3.05) is 0 Å². The van der Waals surface area contributed by atoms with Crippen molar-refractivity contribution < 1.29 is 4.79 Å². The van der Waals surface area contributed by atoms with Crippen molar-refractivity contribution in [2.45, 2.75) is 12.5 Å². The fraction of sp³-hybridized carbons (Fsp3) is 0.105. The number of carbonyl (C=O) groups is 1. The summed E-state index contributed by atoms with van der Waals surface area (Å²) in [5.74, 6) is 0.0394. The summed E-state index contributed by atoms with van der Waals surface area (Å²) in [6.45, 7) is 0. The number of rotatable bonds is 4. The van der Waals surface area contributed by atoms with Gasteiger partial charge in [-0.25, -0.2) is 0 Å². The Labute approximate surface area is 124 Å². The first-order valence-electron chi connectivity index (χ1n) is 7.05. The summed E-state index contributed by atoms with van der Waals surface area (Å²) in [6.07, 6.45) is 0.359. The molecule has 0 saturated heterocycles. The van der Waals surface area contributed by atoms with E-state index < -0.39 is 6.04 Å². The Morgan fingerprint density at radius 1 is 0.857 bits per heavy atom. The Morgan fingerprint density at radius 2 is 1.52 bits per heavy atom. The van der Waals surface area contributed by atoms with Gasteiger partial charge in [0.05, 0.1) is 6.04 Å². The maximum atomic E-state index is 12.4. The third kappa shape index (κ3) is 2.86. The molecule has 2 nitrogen and oxygen atoms in total. The molecular formula is C19H17NO. The summed E-state index contributed by atoms with van der Waals surface area (Å²) in [4.78, 5) is 12.4. The number of ketones is 1. The molecule has 0 amide bonds. The van der Waals surface area contributed by atoms with Crippen LogP contribution >= 0.6 is 0 Å². The zero-order chi connectivity index (χ0) is 14.7. The summed E-state index contributed by atoms with van der Waals surface area (Å²) in [7, 11) is 0. The third-order valence-corrected chi connectivity index (χ3v) is 3.75. The summed E-state index contributed by atoms with van der Waals surface area (Å²) >= 11 is 0. The van der Waals surface area contributed by atoms with E-state index in [1.807, 2.05) is 60.7 Å². The van der Waals surface area contributed by atoms with E-state index >= 15 is 0 Å². The van der Waals surface area contributed by atoms with E-state index in [0.29, 0.717) is 6.42 Å². The van der Waals surface area contributed by atoms with Gasteiger partial charge in [0.2, 0.25) is 0 Å². The van der Waals surface area contributed by atoms with Crippen LogP contribution < -0.4 is 5.73 Å². The third-order valence-electron chi connectivity index (χ3n) is 3.75. The lowest BCUT2D eigenvalue weighted by atomic mass is 9.95. The van der Waals surface area contributed by atoms with Crippen molar-refractivity contribution in [1.82, 2.24) is 0 Å². The molecule has 0 radical (unpaired) electrons. The maximum absolute atomic E-state index is 12.4. The number of carbonyl (C=O) groups excluding carboxylic acids is 1. The molecule has 2 heteroatoms. The highest BCUT2D eigenvalue weighted by Crippen LogP contribution is 2.21. The van der Waals surface area contributed by atoms with Crippen LogP contribution in [0.2, 0.25) is 0 Å². The van der Waals surface area contributed by atoms with Gasteiger partial charge in [0.1, 0.15) is 0 Å². The van der Waals surface area contributed by atoms with Gasteiger partial charge in [0, 0.05) is 6.42 Å². The molecular weight excluding hydrogens is 258 g/mol. The second-order valence-electron chi connectivity index (χ2n) is 5.17. The standard InChI is InChI=1S/C19H17NO/c20-19(15-8-2-1-3-9-15)18(21)13-16-11-6-10-14-7-4-5-12-17(14)16/h1-12,19H,13,20H2/t19-/m1/s1. The van der Waals surface area contributed by atoms with E-state index in [1.54, 1.807) is 0 Å². The molecule has 0 bridgehead atoms. The minimum atomic E-state index is -0.565. The predicted octanol–water partition coefficient (Wildman–Crippen LogP) is 3.65. The lowest BCUT2D eigenvalue weighted by Gasteiger charge is -2.12. The van der Waals surface area contributed by atoms with E-state index in [4.69, 9.17) is 5.73 Å². The Hall–Kier alpha value is -2.45. The zero-order valence-electron chi connectivity index (χ0n) is 11.7. The van der Waals surface area contributed by atoms with Crippen molar-refractivity contribution in [2.24, 2.45) is 5.73 Å². The van der Waals surface area contributed by atoms with Crippen molar-refractivity contribution in [3.63, 3.8) is 0 Å². The number of nitrogens with two attached hydrogens (primary N) is 1. The fourth-order valence-corrected chi connectivity index (χ4v) is 2.59. The van der Waals surface area contributed by atoms with Gasteiger partial charge in [-0.15, -0.1) is 0 Å². The summed E-state index contributed by atoms with van der Waals surface area (Å²) < 4.78 is 0. The number of hydrogen-bond acceptors (Lipinski definition) is 2. The van der Waals surface area contributed by atoms with Crippen LogP contribution in [0.25, 0.3) is 10.8 Å². The average molecular weight is 275 g/mol. The molecule has 0 saturated carbocycles. The molecule has 104 valence electrons. The second-order valence-corrected chi connectivity index (χ2v) is 5.17. The molecule has 0 unspecified atom stereocenters. The van der Waals surface area contributed by atoms with Crippen LogP contribution in [-0.4, -0.2) is 5.78 Å². The van der Waals surface area contributed by atoms with Crippen molar-refractivity contribution in [3.05, 3.63) is 83.9 Å². The second kappa shape index (κ2) is 5.90. The number of hydrogen-bond donors (Lipinski definition) is 1. The van der Waals surface area contributed by atoms with Crippen molar-refractivity contribution in [3.8, 4) is 0 Å². The average Bonchev–Trinajstić information content (AvgIpc) is 2.55.